The molecule has 2 heterocycles. The molecule has 4 heteroatoms. The van der Waals surface area contributed by atoms with Gasteiger partial charge < -0.3 is 4.57 Å². The smallest absolute Gasteiger partial charge is 0.251 e. The highest BCUT2D eigenvalue weighted by molar-refractivity contribution is 7.09. The van der Waals surface area contributed by atoms with Crippen LogP contribution in [0.25, 0.3) is 11.3 Å². The lowest BCUT2D eigenvalue weighted by atomic mass is 10.2. The van der Waals surface area contributed by atoms with Crippen molar-refractivity contribution in [1.29, 1.82) is 0 Å². The van der Waals surface area contributed by atoms with E-state index in [4.69, 9.17) is 0 Å². The van der Waals surface area contributed by atoms with E-state index >= 15 is 0 Å². The van der Waals surface area contributed by atoms with Gasteiger partial charge >= 0.3 is 0 Å². The summed E-state index contributed by atoms with van der Waals surface area (Å²) in [6.45, 7) is 2.44. The Bertz CT molecular complexity index is 774. The van der Waals surface area contributed by atoms with Gasteiger partial charge in [0.25, 0.3) is 5.56 Å². The second-order valence-corrected chi connectivity index (χ2v) is 5.61. The molecule has 1 aromatic carbocycles. The van der Waals surface area contributed by atoms with E-state index in [9.17, 15) is 4.79 Å². The van der Waals surface area contributed by atoms with Gasteiger partial charge in [0.05, 0.1) is 12.2 Å². The first-order chi connectivity index (χ1) is 9.72. The molecule has 3 rings (SSSR count). The van der Waals surface area contributed by atoms with Gasteiger partial charge in [-0.1, -0.05) is 30.3 Å². The minimum Gasteiger partial charge on any atom is -0.309 e. The van der Waals surface area contributed by atoms with Crippen molar-refractivity contribution in [3.63, 3.8) is 0 Å². The summed E-state index contributed by atoms with van der Waals surface area (Å²) in [5.41, 5.74) is 3.06. The van der Waals surface area contributed by atoms with E-state index in [1.165, 1.54) is 0 Å². The average molecular weight is 282 g/mol. The summed E-state index contributed by atoms with van der Waals surface area (Å²) in [6, 6.07) is 13.6. The number of pyridine rings is 1. The minimum atomic E-state index is 0.0152. The average Bonchev–Trinajstić information content (AvgIpc) is 2.92. The fourth-order valence-corrected chi connectivity index (χ4v) is 2.81. The summed E-state index contributed by atoms with van der Waals surface area (Å²) in [5.74, 6) is 0. The van der Waals surface area contributed by atoms with Crippen molar-refractivity contribution in [3.8, 4) is 11.3 Å². The molecule has 0 amide bonds. The normalized spacial score (nSPS) is 10.7. The first kappa shape index (κ1) is 12.8. The van der Waals surface area contributed by atoms with Crippen molar-refractivity contribution in [2.24, 2.45) is 0 Å². The number of rotatable bonds is 3. The van der Waals surface area contributed by atoms with Crippen LogP contribution in [0, 0.1) is 6.92 Å². The first-order valence-corrected chi connectivity index (χ1v) is 7.27. The summed E-state index contributed by atoms with van der Waals surface area (Å²) < 4.78 is 1.68. The quantitative estimate of drug-likeness (QED) is 0.738. The van der Waals surface area contributed by atoms with E-state index < -0.39 is 0 Å². The van der Waals surface area contributed by atoms with Crippen LogP contribution in [-0.2, 0) is 6.54 Å². The Morgan fingerprint density at radius 1 is 1.20 bits per heavy atom. The van der Waals surface area contributed by atoms with Crippen LogP contribution in [0.5, 0.6) is 0 Å². The molecule has 0 saturated carbocycles. The van der Waals surface area contributed by atoms with Gasteiger partial charge in [-0.05, 0) is 18.6 Å². The number of aromatic nitrogens is 2. The predicted molar refractivity (Wildman–Crippen MR) is 82.1 cm³/mol. The molecule has 0 fully saturated rings. The third-order valence-corrected chi connectivity index (χ3v) is 3.91. The Morgan fingerprint density at radius 2 is 2.00 bits per heavy atom. The largest absolute Gasteiger partial charge is 0.309 e. The van der Waals surface area contributed by atoms with Crippen LogP contribution in [0.3, 0.4) is 0 Å². The van der Waals surface area contributed by atoms with Crippen LogP contribution < -0.4 is 5.56 Å². The SMILES string of the molecule is Cc1ccn(Cc2nc(-c3ccccc3)cs2)c(=O)c1. The topological polar surface area (TPSA) is 34.9 Å². The summed E-state index contributed by atoms with van der Waals surface area (Å²) in [7, 11) is 0. The molecule has 0 aliphatic carbocycles. The lowest BCUT2D eigenvalue weighted by Crippen LogP contribution is -2.19. The van der Waals surface area contributed by atoms with Crippen molar-refractivity contribution < 1.29 is 0 Å². The highest BCUT2D eigenvalue weighted by Crippen LogP contribution is 2.21. The molecule has 3 aromatic rings. The van der Waals surface area contributed by atoms with E-state index in [0.29, 0.717) is 6.54 Å². The van der Waals surface area contributed by atoms with Crippen LogP contribution in [0.1, 0.15) is 10.6 Å². The lowest BCUT2D eigenvalue weighted by molar-refractivity contribution is 0.752. The molecule has 0 saturated heterocycles. The molecule has 20 heavy (non-hydrogen) atoms. The molecule has 0 N–H and O–H groups in total. The van der Waals surface area contributed by atoms with Gasteiger partial charge in [-0.25, -0.2) is 4.98 Å². The van der Waals surface area contributed by atoms with E-state index in [-0.39, 0.29) is 5.56 Å². The van der Waals surface area contributed by atoms with E-state index in [1.807, 2.05) is 54.9 Å². The van der Waals surface area contributed by atoms with Gasteiger partial charge in [0.15, 0.2) is 0 Å². The van der Waals surface area contributed by atoms with Crippen molar-refractivity contribution >= 4 is 11.3 Å². The highest BCUT2D eigenvalue weighted by atomic mass is 32.1. The minimum absolute atomic E-state index is 0.0152. The number of benzene rings is 1. The molecule has 2 aromatic heterocycles. The summed E-state index contributed by atoms with van der Waals surface area (Å²) >= 11 is 1.58. The van der Waals surface area contributed by atoms with Crippen molar-refractivity contribution in [2.75, 3.05) is 0 Å². The van der Waals surface area contributed by atoms with Crippen molar-refractivity contribution in [2.45, 2.75) is 13.5 Å². The van der Waals surface area contributed by atoms with Crippen LogP contribution in [0.4, 0.5) is 0 Å². The van der Waals surface area contributed by atoms with Gasteiger partial charge in [-0.2, -0.15) is 0 Å². The molecule has 0 radical (unpaired) electrons. The van der Waals surface area contributed by atoms with Crippen molar-refractivity contribution in [1.82, 2.24) is 9.55 Å². The Kier molecular flexibility index (Phi) is 3.48. The van der Waals surface area contributed by atoms with Crippen LogP contribution in [0.15, 0.2) is 58.8 Å². The van der Waals surface area contributed by atoms with Crippen molar-refractivity contribution in [3.05, 3.63) is 75.0 Å². The third-order valence-electron chi connectivity index (χ3n) is 3.08. The zero-order valence-electron chi connectivity index (χ0n) is 11.1. The van der Waals surface area contributed by atoms with E-state index in [0.717, 1.165) is 21.8 Å². The Hall–Kier alpha value is -2.20. The number of aryl methyl sites for hydroxylation is 1. The molecule has 0 atom stereocenters. The summed E-state index contributed by atoms with van der Waals surface area (Å²) in [6.07, 6.45) is 1.82. The maximum Gasteiger partial charge on any atom is 0.251 e. The highest BCUT2D eigenvalue weighted by Gasteiger charge is 2.05. The molecule has 0 unspecified atom stereocenters. The summed E-state index contributed by atoms with van der Waals surface area (Å²) in [4.78, 5) is 16.5. The molecule has 100 valence electrons. The molecule has 0 aliphatic heterocycles. The molecular weight excluding hydrogens is 268 g/mol. The monoisotopic (exact) mass is 282 g/mol. The number of hydrogen-bond donors (Lipinski definition) is 0. The molecular formula is C16H14N2OS. The van der Waals surface area contributed by atoms with Crippen LogP contribution >= 0.6 is 11.3 Å². The Morgan fingerprint density at radius 3 is 2.75 bits per heavy atom. The Balaban J connectivity index is 1.86. The van der Waals surface area contributed by atoms with E-state index in [2.05, 4.69) is 4.98 Å². The van der Waals surface area contributed by atoms with Gasteiger partial charge in [-0.3, -0.25) is 4.79 Å². The molecule has 0 bridgehead atoms. The summed E-state index contributed by atoms with van der Waals surface area (Å²) in [5, 5.41) is 2.97. The fraction of sp³-hybridized carbons (Fsp3) is 0.125. The molecule has 3 nitrogen and oxygen atoms in total. The molecule has 0 spiro atoms. The van der Waals surface area contributed by atoms with Gasteiger partial charge in [0.2, 0.25) is 0 Å². The lowest BCUT2D eigenvalue weighted by Gasteiger charge is -2.02. The standard InChI is InChI=1S/C16H14N2OS/c1-12-7-8-18(16(19)9-12)10-15-17-14(11-20-15)13-5-3-2-4-6-13/h2-9,11H,10H2,1H3. The van der Waals surface area contributed by atoms with E-state index in [1.54, 1.807) is 22.0 Å². The predicted octanol–water partition coefficient (Wildman–Crippen LogP) is 3.33. The number of nitrogens with zero attached hydrogens (tertiary/aromatic N) is 2. The van der Waals surface area contributed by atoms with Gasteiger partial charge in [0, 0.05) is 23.2 Å². The maximum absolute atomic E-state index is 11.9. The van der Waals surface area contributed by atoms with Gasteiger partial charge in [-0.15, -0.1) is 11.3 Å². The second-order valence-electron chi connectivity index (χ2n) is 4.66. The molecule has 0 aliphatic rings. The van der Waals surface area contributed by atoms with Gasteiger partial charge in [0.1, 0.15) is 5.01 Å². The number of thiazole rings is 1. The first-order valence-electron chi connectivity index (χ1n) is 6.39. The maximum atomic E-state index is 11.9. The zero-order valence-corrected chi connectivity index (χ0v) is 11.9. The fourth-order valence-electron chi connectivity index (χ4n) is 2.01. The third kappa shape index (κ3) is 2.70. The second kappa shape index (κ2) is 5.43. The van der Waals surface area contributed by atoms with Crippen LogP contribution in [0.2, 0.25) is 0 Å². The van der Waals surface area contributed by atoms with Crippen LogP contribution in [-0.4, -0.2) is 9.55 Å². The number of hydrogen-bond acceptors (Lipinski definition) is 3. The Labute approximate surface area is 121 Å². The zero-order chi connectivity index (χ0) is 13.9.